The van der Waals surface area contributed by atoms with Crippen LogP contribution in [0.3, 0.4) is 0 Å². The van der Waals surface area contributed by atoms with Crippen molar-refractivity contribution in [3.8, 4) is 0 Å². The number of rotatable bonds is 2. The lowest BCUT2D eigenvalue weighted by Gasteiger charge is -2.02. The van der Waals surface area contributed by atoms with Crippen molar-refractivity contribution < 1.29 is 26.5 Å². The Morgan fingerprint density at radius 1 is 1.43 bits per heavy atom. The van der Waals surface area contributed by atoms with E-state index in [0.717, 1.165) is 0 Å². The minimum atomic E-state index is -0.318. The first-order chi connectivity index (χ1) is 6.34. The maximum Gasteiger partial charge on any atom is 0.407 e. The Hall–Kier alpha value is -1.29. The van der Waals surface area contributed by atoms with E-state index in [1.807, 2.05) is 35.2 Å². The summed E-state index contributed by atoms with van der Waals surface area (Å²) in [5.74, 6) is 0. The van der Waals surface area contributed by atoms with Crippen LogP contribution in [0.4, 0.5) is 4.79 Å². The Morgan fingerprint density at radius 3 is 2.71 bits per heavy atom. The monoisotopic (exact) mass is 214 g/mol. The smallest absolute Gasteiger partial charge is 0.407 e. The summed E-state index contributed by atoms with van der Waals surface area (Å²) in [6.07, 6.45) is 3.54. The van der Waals surface area contributed by atoms with Gasteiger partial charge in [0.25, 0.3) is 0 Å². The standard InChI is InChI=1S/C9H10N2O2.ClH/c12-9-10-6-8(13-9)7-11-4-2-1-3-5-11;/h1-5,8H,6-7H2;1H. The molecule has 14 heavy (non-hydrogen) atoms. The van der Waals surface area contributed by atoms with Crippen molar-refractivity contribution in [3.63, 3.8) is 0 Å². The fraction of sp³-hybridized carbons (Fsp3) is 0.333. The molecule has 2 rings (SSSR count). The summed E-state index contributed by atoms with van der Waals surface area (Å²) >= 11 is 0. The third kappa shape index (κ3) is 2.60. The average Bonchev–Trinajstić information content (AvgIpc) is 2.53. The quantitative estimate of drug-likeness (QED) is 0.537. The number of ether oxygens (including phenoxy) is 1. The molecule has 1 atom stereocenters. The number of aromatic nitrogens is 1. The van der Waals surface area contributed by atoms with E-state index >= 15 is 0 Å². The van der Waals surface area contributed by atoms with E-state index < -0.39 is 0 Å². The minimum absolute atomic E-state index is 0. The maximum atomic E-state index is 10.7. The first-order valence-corrected chi connectivity index (χ1v) is 4.23. The van der Waals surface area contributed by atoms with Crippen molar-refractivity contribution in [2.24, 2.45) is 0 Å². The highest BCUT2D eigenvalue weighted by Gasteiger charge is 2.25. The average molecular weight is 215 g/mol. The Balaban J connectivity index is 0.000000980. The zero-order chi connectivity index (χ0) is 9.10. The Kier molecular flexibility index (Phi) is 3.71. The predicted molar refractivity (Wildman–Crippen MR) is 44.9 cm³/mol. The van der Waals surface area contributed by atoms with E-state index in [0.29, 0.717) is 13.1 Å². The van der Waals surface area contributed by atoms with Gasteiger partial charge >= 0.3 is 6.09 Å². The van der Waals surface area contributed by atoms with E-state index in [1.54, 1.807) is 0 Å². The number of carbonyl (C=O) groups excluding carboxylic acids is 1. The highest BCUT2D eigenvalue weighted by molar-refractivity contribution is 5.69. The number of amides is 1. The van der Waals surface area contributed by atoms with Gasteiger partial charge in [-0.3, -0.25) is 0 Å². The van der Waals surface area contributed by atoms with Crippen LogP contribution in [0.1, 0.15) is 0 Å². The zero-order valence-electron chi connectivity index (χ0n) is 7.52. The molecule has 0 bridgehead atoms. The van der Waals surface area contributed by atoms with Crippen LogP contribution in [0.25, 0.3) is 0 Å². The van der Waals surface area contributed by atoms with E-state index in [4.69, 9.17) is 4.74 Å². The van der Waals surface area contributed by atoms with Gasteiger partial charge in [-0.25, -0.2) is 9.36 Å². The number of alkyl carbamates (subject to hydrolysis) is 1. The predicted octanol–water partition coefficient (Wildman–Crippen LogP) is -2.91. The van der Waals surface area contributed by atoms with E-state index in [9.17, 15) is 4.79 Å². The molecule has 0 aromatic carbocycles. The van der Waals surface area contributed by atoms with Crippen LogP contribution in [0.2, 0.25) is 0 Å². The van der Waals surface area contributed by atoms with Gasteiger partial charge in [0.1, 0.15) is 0 Å². The molecular weight excluding hydrogens is 204 g/mol. The molecule has 76 valence electrons. The molecule has 2 heterocycles. The minimum Gasteiger partial charge on any atom is -1.00 e. The van der Waals surface area contributed by atoms with Crippen molar-refractivity contribution in [1.82, 2.24) is 5.32 Å². The molecule has 1 amide bonds. The van der Waals surface area contributed by atoms with E-state index in [1.165, 1.54) is 0 Å². The molecule has 4 nitrogen and oxygen atoms in total. The number of halogens is 1. The Morgan fingerprint density at radius 2 is 2.14 bits per heavy atom. The summed E-state index contributed by atoms with van der Waals surface area (Å²) in [6, 6.07) is 5.85. The molecule has 1 aliphatic rings. The van der Waals surface area contributed by atoms with Gasteiger partial charge in [-0.05, 0) is 0 Å². The number of pyridine rings is 1. The van der Waals surface area contributed by atoms with E-state index in [-0.39, 0.29) is 24.6 Å². The van der Waals surface area contributed by atoms with Gasteiger partial charge in [-0.1, -0.05) is 6.07 Å². The van der Waals surface area contributed by atoms with Crippen molar-refractivity contribution >= 4 is 6.09 Å². The van der Waals surface area contributed by atoms with Crippen LogP contribution in [-0.4, -0.2) is 18.7 Å². The summed E-state index contributed by atoms with van der Waals surface area (Å²) in [7, 11) is 0. The Labute approximate surface area is 88.3 Å². The first-order valence-electron chi connectivity index (χ1n) is 4.23. The summed E-state index contributed by atoms with van der Waals surface area (Å²) in [4.78, 5) is 10.7. The van der Waals surface area contributed by atoms with Gasteiger partial charge in [-0.15, -0.1) is 0 Å². The molecule has 1 saturated heterocycles. The van der Waals surface area contributed by atoms with Gasteiger partial charge in [0.15, 0.2) is 25.0 Å². The van der Waals surface area contributed by atoms with E-state index in [2.05, 4.69) is 5.32 Å². The lowest BCUT2D eigenvalue weighted by Crippen LogP contribution is -3.00. The molecule has 1 aliphatic heterocycles. The molecule has 1 fully saturated rings. The molecule has 1 aromatic rings. The summed E-state index contributed by atoms with van der Waals surface area (Å²) in [5, 5.41) is 2.62. The summed E-state index contributed by atoms with van der Waals surface area (Å²) in [6.45, 7) is 1.31. The van der Waals surface area contributed by atoms with Gasteiger partial charge in [-0.2, -0.15) is 0 Å². The maximum absolute atomic E-state index is 10.7. The molecule has 1 aromatic heterocycles. The van der Waals surface area contributed by atoms with Crippen molar-refractivity contribution in [3.05, 3.63) is 30.6 Å². The van der Waals surface area contributed by atoms with Crippen LogP contribution >= 0.6 is 0 Å². The number of nitrogens with one attached hydrogen (secondary N) is 1. The van der Waals surface area contributed by atoms with Crippen LogP contribution in [-0.2, 0) is 11.3 Å². The zero-order valence-corrected chi connectivity index (χ0v) is 8.28. The summed E-state index contributed by atoms with van der Waals surface area (Å²) in [5.41, 5.74) is 0. The van der Waals surface area contributed by atoms with Crippen LogP contribution in [0.5, 0.6) is 0 Å². The molecule has 0 aliphatic carbocycles. The number of hydrogen-bond acceptors (Lipinski definition) is 2. The fourth-order valence-electron chi connectivity index (χ4n) is 1.32. The highest BCUT2D eigenvalue weighted by atomic mass is 35.5. The Bertz CT molecular complexity index is 305. The second kappa shape index (κ2) is 4.81. The normalized spacial score (nSPS) is 19.4. The van der Waals surface area contributed by atoms with Gasteiger partial charge in [0.2, 0.25) is 0 Å². The fourth-order valence-corrected chi connectivity index (χ4v) is 1.32. The van der Waals surface area contributed by atoms with Crippen molar-refractivity contribution in [2.75, 3.05) is 6.54 Å². The van der Waals surface area contributed by atoms with Crippen LogP contribution in [0, 0.1) is 0 Å². The molecular formula is C9H11ClN2O2. The molecule has 1 N–H and O–H groups in total. The van der Waals surface area contributed by atoms with Gasteiger partial charge in [0.05, 0.1) is 6.54 Å². The largest absolute Gasteiger partial charge is 1.00 e. The van der Waals surface area contributed by atoms with Gasteiger partial charge in [0, 0.05) is 12.1 Å². The number of carbonyl (C=O) groups is 1. The molecule has 1 unspecified atom stereocenters. The van der Waals surface area contributed by atoms with Crippen molar-refractivity contribution in [1.29, 1.82) is 0 Å². The molecule has 0 saturated carbocycles. The molecule has 0 spiro atoms. The third-order valence-corrected chi connectivity index (χ3v) is 1.94. The molecule has 5 heteroatoms. The highest BCUT2D eigenvalue weighted by Crippen LogP contribution is 1.99. The van der Waals surface area contributed by atoms with Gasteiger partial charge < -0.3 is 22.5 Å². The first kappa shape index (κ1) is 10.8. The van der Waals surface area contributed by atoms with Crippen LogP contribution in [0.15, 0.2) is 30.6 Å². The second-order valence-electron chi connectivity index (χ2n) is 2.98. The number of nitrogens with zero attached hydrogens (tertiary/aromatic N) is 1. The SMILES string of the molecule is O=C1NCC(C[n+]2ccccc2)O1.[Cl-]. The van der Waals surface area contributed by atoms with Crippen molar-refractivity contribution in [2.45, 2.75) is 12.6 Å². The number of hydrogen-bond donors (Lipinski definition) is 1. The molecule has 0 radical (unpaired) electrons. The third-order valence-electron chi connectivity index (χ3n) is 1.94. The summed E-state index contributed by atoms with van der Waals surface area (Å²) < 4.78 is 6.99. The lowest BCUT2D eigenvalue weighted by atomic mass is 10.3. The lowest BCUT2D eigenvalue weighted by molar-refractivity contribution is -0.702. The van der Waals surface area contributed by atoms with Crippen LogP contribution < -0.4 is 22.3 Å². The second-order valence-corrected chi connectivity index (χ2v) is 2.98. The number of cyclic esters (lactones) is 1. The topological polar surface area (TPSA) is 42.2 Å².